The molecule has 0 unspecified atom stereocenters. The van der Waals surface area contributed by atoms with Gasteiger partial charge in [-0.05, 0) is 23.8 Å². The van der Waals surface area contributed by atoms with Crippen molar-refractivity contribution in [3.8, 4) is 0 Å². The molecular weight excluding hydrogens is 384 g/mol. The van der Waals surface area contributed by atoms with Gasteiger partial charge in [0.1, 0.15) is 0 Å². The van der Waals surface area contributed by atoms with Crippen LogP contribution in [0.2, 0.25) is 5.02 Å². The summed E-state index contributed by atoms with van der Waals surface area (Å²) in [6.45, 7) is 0.368. The number of aromatic nitrogens is 4. The van der Waals surface area contributed by atoms with Crippen LogP contribution < -0.4 is 11.2 Å². The van der Waals surface area contributed by atoms with E-state index in [0.717, 1.165) is 10.5 Å². The van der Waals surface area contributed by atoms with Gasteiger partial charge in [0.15, 0.2) is 16.3 Å². The van der Waals surface area contributed by atoms with Crippen molar-refractivity contribution in [3.63, 3.8) is 0 Å². The predicted molar refractivity (Wildman–Crippen MR) is 107 cm³/mol. The number of H-pyrrole nitrogens is 1. The van der Waals surface area contributed by atoms with Gasteiger partial charge < -0.3 is 4.57 Å². The summed E-state index contributed by atoms with van der Waals surface area (Å²) < 4.78 is 3.14. The Morgan fingerprint density at radius 3 is 2.52 bits per heavy atom. The Morgan fingerprint density at radius 1 is 1.07 bits per heavy atom. The molecule has 0 saturated carbocycles. The van der Waals surface area contributed by atoms with Gasteiger partial charge in [-0.3, -0.25) is 14.3 Å². The Hall–Kier alpha value is -2.77. The topological polar surface area (TPSA) is 72.7 Å². The van der Waals surface area contributed by atoms with E-state index in [0.29, 0.717) is 27.9 Å². The molecule has 0 aliphatic rings. The lowest BCUT2D eigenvalue weighted by Gasteiger charge is -2.10. The molecule has 1 N–H and O–H groups in total. The second-order valence-electron chi connectivity index (χ2n) is 5.98. The van der Waals surface area contributed by atoms with Crippen molar-refractivity contribution >= 4 is 34.5 Å². The van der Waals surface area contributed by atoms with Crippen molar-refractivity contribution in [1.29, 1.82) is 0 Å². The molecule has 4 rings (SSSR count). The highest BCUT2D eigenvalue weighted by Gasteiger charge is 2.19. The molecule has 0 amide bonds. The molecule has 8 heteroatoms. The van der Waals surface area contributed by atoms with Crippen LogP contribution in [-0.4, -0.2) is 19.1 Å². The Bertz CT molecular complexity index is 1240. The summed E-state index contributed by atoms with van der Waals surface area (Å²) in [7, 11) is 1.59. The first kappa shape index (κ1) is 17.6. The molecule has 0 saturated heterocycles. The van der Waals surface area contributed by atoms with Gasteiger partial charge in [-0.1, -0.05) is 59.8 Å². The molecule has 0 aliphatic carbocycles. The maximum atomic E-state index is 12.5. The number of rotatable bonds is 4. The van der Waals surface area contributed by atoms with E-state index in [-0.39, 0.29) is 0 Å². The molecule has 0 bridgehead atoms. The summed E-state index contributed by atoms with van der Waals surface area (Å²) in [5.74, 6) is 0. The number of benzene rings is 2. The fourth-order valence-corrected chi connectivity index (χ4v) is 3.93. The molecule has 0 fully saturated rings. The minimum atomic E-state index is -0.494. The summed E-state index contributed by atoms with van der Waals surface area (Å²) in [6.07, 6.45) is 0. The SMILES string of the molecule is Cn1c(=O)[nH]c(=O)c2c1nc(Sc1ccccc1)n2Cc1ccccc1Cl. The minimum absolute atomic E-state index is 0.342. The zero-order valence-corrected chi connectivity index (χ0v) is 15.9. The summed E-state index contributed by atoms with van der Waals surface area (Å²) >= 11 is 7.75. The highest BCUT2D eigenvalue weighted by Crippen LogP contribution is 2.30. The third kappa shape index (κ3) is 3.31. The first-order valence-corrected chi connectivity index (χ1v) is 9.40. The van der Waals surface area contributed by atoms with Gasteiger partial charge in [0.25, 0.3) is 5.56 Å². The molecule has 0 spiro atoms. The lowest BCUT2D eigenvalue weighted by Crippen LogP contribution is -2.29. The number of hydrogen-bond acceptors (Lipinski definition) is 4. The van der Waals surface area contributed by atoms with Gasteiger partial charge in [-0.2, -0.15) is 0 Å². The van der Waals surface area contributed by atoms with E-state index in [2.05, 4.69) is 9.97 Å². The molecule has 0 aliphatic heterocycles. The minimum Gasteiger partial charge on any atom is -0.308 e. The number of hydrogen-bond donors (Lipinski definition) is 1. The van der Waals surface area contributed by atoms with Crippen LogP contribution in [0, 0.1) is 0 Å². The second kappa shape index (κ2) is 7.09. The highest BCUT2D eigenvalue weighted by atomic mass is 35.5. The first-order valence-electron chi connectivity index (χ1n) is 8.20. The first-order chi connectivity index (χ1) is 13.0. The van der Waals surface area contributed by atoms with Gasteiger partial charge in [0, 0.05) is 17.0 Å². The van der Waals surface area contributed by atoms with Crippen molar-refractivity contribution in [2.75, 3.05) is 0 Å². The molecule has 0 atom stereocenters. The van der Waals surface area contributed by atoms with Gasteiger partial charge in [0.2, 0.25) is 0 Å². The Morgan fingerprint density at radius 2 is 1.78 bits per heavy atom. The Balaban J connectivity index is 1.94. The van der Waals surface area contributed by atoms with Crippen LogP contribution >= 0.6 is 23.4 Å². The lowest BCUT2D eigenvalue weighted by molar-refractivity contribution is 0.728. The van der Waals surface area contributed by atoms with Gasteiger partial charge in [-0.25, -0.2) is 9.78 Å². The average Bonchev–Trinajstić information content (AvgIpc) is 3.01. The molecule has 136 valence electrons. The molecule has 2 aromatic carbocycles. The third-order valence-corrected chi connectivity index (χ3v) is 5.58. The summed E-state index contributed by atoms with van der Waals surface area (Å²) in [6, 6.07) is 17.2. The molecule has 6 nitrogen and oxygen atoms in total. The number of nitrogens with zero attached hydrogens (tertiary/aromatic N) is 3. The van der Waals surface area contributed by atoms with Crippen LogP contribution in [0.1, 0.15) is 5.56 Å². The standard InChI is InChI=1S/C19H15ClN4O2S/c1-23-16-15(17(25)22-18(23)26)24(11-12-7-5-6-10-14(12)20)19(21-16)27-13-8-3-2-4-9-13/h2-10H,11H2,1H3,(H,22,25,26). The van der Waals surface area contributed by atoms with Crippen molar-refractivity contribution in [1.82, 2.24) is 19.1 Å². The Kier molecular flexibility index (Phi) is 4.63. The van der Waals surface area contributed by atoms with Crippen molar-refractivity contribution in [2.45, 2.75) is 16.6 Å². The molecule has 0 radical (unpaired) electrons. The van der Waals surface area contributed by atoms with Crippen LogP contribution in [0.3, 0.4) is 0 Å². The number of halogens is 1. The van der Waals surface area contributed by atoms with E-state index in [1.54, 1.807) is 17.7 Å². The van der Waals surface area contributed by atoms with E-state index in [4.69, 9.17) is 11.6 Å². The van der Waals surface area contributed by atoms with Gasteiger partial charge >= 0.3 is 5.69 Å². The highest BCUT2D eigenvalue weighted by molar-refractivity contribution is 7.99. The number of imidazole rings is 1. The van der Waals surface area contributed by atoms with Crippen molar-refractivity contribution in [3.05, 3.63) is 86.0 Å². The van der Waals surface area contributed by atoms with Crippen molar-refractivity contribution < 1.29 is 0 Å². The maximum absolute atomic E-state index is 12.5. The number of fused-ring (bicyclic) bond motifs is 1. The van der Waals surface area contributed by atoms with Crippen LogP contribution in [0.4, 0.5) is 0 Å². The predicted octanol–water partition coefficient (Wildman–Crippen LogP) is 3.28. The number of aryl methyl sites for hydroxylation is 1. The van der Waals surface area contributed by atoms with E-state index in [1.165, 1.54) is 16.3 Å². The lowest BCUT2D eigenvalue weighted by atomic mass is 10.2. The van der Waals surface area contributed by atoms with Gasteiger partial charge in [-0.15, -0.1) is 0 Å². The molecular formula is C19H15ClN4O2S. The van der Waals surface area contributed by atoms with E-state index >= 15 is 0 Å². The number of nitrogens with one attached hydrogen (secondary N) is 1. The van der Waals surface area contributed by atoms with E-state index < -0.39 is 11.2 Å². The van der Waals surface area contributed by atoms with Crippen LogP contribution in [0.25, 0.3) is 11.2 Å². The zero-order valence-electron chi connectivity index (χ0n) is 14.3. The van der Waals surface area contributed by atoms with Crippen LogP contribution in [0.15, 0.2) is 74.2 Å². The van der Waals surface area contributed by atoms with Crippen molar-refractivity contribution in [2.24, 2.45) is 7.05 Å². The molecule has 2 aromatic heterocycles. The van der Waals surface area contributed by atoms with E-state index in [9.17, 15) is 9.59 Å². The molecule has 27 heavy (non-hydrogen) atoms. The van der Waals surface area contributed by atoms with Gasteiger partial charge in [0.05, 0.1) is 6.54 Å². The smallest absolute Gasteiger partial charge is 0.308 e. The zero-order chi connectivity index (χ0) is 19.0. The fourth-order valence-electron chi connectivity index (χ4n) is 2.83. The number of aromatic amines is 1. The summed E-state index contributed by atoms with van der Waals surface area (Å²) in [5.41, 5.74) is 0.588. The molecule has 2 heterocycles. The third-order valence-electron chi connectivity index (χ3n) is 4.21. The second-order valence-corrected chi connectivity index (χ2v) is 7.43. The van der Waals surface area contributed by atoms with E-state index in [1.807, 2.05) is 48.5 Å². The average molecular weight is 399 g/mol. The normalized spacial score (nSPS) is 11.2. The molecule has 4 aromatic rings. The maximum Gasteiger partial charge on any atom is 0.329 e. The quantitative estimate of drug-likeness (QED) is 0.572. The fraction of sp³-hybridized carbons (Fsp3) is 0.105. The summed E-state index contributed by atoms with van der Waals surface area (Å²) in [4.78, 5) is 32.4. The largest absolute Gasteiger partial charge is 0.329 e. The van der Waals surface area contributed by atoms with Crippen LogP contribution in [-0.2, 0) is 13.6 Å². The summed E-state index contributed by atoms with van der Waals surface area (Å²) in [5, 5.41) is 1.22. The monoisotopic (exact) mass is 398 g/mol. The Labute approximate surface area is 163 Å². The van der Waals surface area contributed by atoms with Crippen LogP contribution in [0.5, 0.6) is 0 Å².